The maximum Gasteiger partial charge on any atom is 0.254 e. The molecule has 0 atom stereocenters. The van der Waals surface area contributed by atoms with Crippen LogP contribution < -0.4 is 5.32 Å². The first-order valence-corrected chi connectivity index (χ1v) is 9.20. The van der Waals surface area contributed by atoms with Gasteiger partial charge in [-0.3, -0.25) is 9.59 Å². The standard InChI is InChI=1S/C20H18Cl2N2O3/c21-16-5-1-14(2-6-16)3-8-19(25)23-18-13-15(4-7-17(18)22)20(26)24-9-11-27-12-10-24/h1-8,13H,9-12H2,(H,23,25)/b8-3+. The lowest BCUT2D eigenvalue weighted by Crippen LogP contribution is -2.40. The number of hydrogen-bond donors (Lipinski definition) is 1. The number of benzene rings is 2. The molecule has 1 N–H and O–H groups in total. The van der Waals surface area contributed by atoms with E-state index in [0.717, 1.165) is 5.56 Å². The molecule has 140 valence electrons. The fraction of sp³-hybridized carbons (Fsp3) is 0.200. The molecule has 1 aliphatic rings. The minimum atomic E-state index is -0.345. The monoisotopic (exact) mass is 404 g/mol. The van der Waals surface area contributed by atoms with Crippen LogP contribution in [-0.2, 0) is 9.53 Å². The van der Waals surface area contributed by atoms with Crippen molar-refractivity contribution in [2.24, 2.45) is 0 Å². The van der Waals surface area contributed by atoms with Gasteiger partial charge in [-0.15, -0.1) is 0 Å². The SMILES string of the molecule is O=C(/C=C/c1ccc(Cl)cc1)Nc1cc(C(=O)N2CCOCC2)ccc1Cl. The highest BCUT2D eigenvalue weighted by molar-refractivity contribution is 6.34. The van der Waals surface area contributed by atoms with Gasteiger partial charge in [0.05, 0.1) is 23.9 Å². The molecule has 5 nitrogen and oxygen atoms in total. The van der Waals surface area contributed by atoms with E-state index in [9.17, 15) is 9.59 Å². The summed E-state index contributed by atoms with van der Waals surface area (Å²) in [5.41, 5.74) is 1.71. The van der Waals surface area contributed by atoms with Gasteiger partial charge in [0.15, 0.2) is 0 Å². The van der Waals surface area contributed by atoms with E-state index < -0.39 is 0 Å². The molecule has 1 aliphatic heterocycles. The molecule has 2 aromatic rings. The molecule has 2 amide bonds. The Balaban J connectivity index is 1.69. The Hall–Kier alpha value is -2.34. The van der Waals surface area contributed by atoms with Crippen molar-refractivity contribution < 1.29 is 14.3 Å². The molecule has 2 aromatic carbocycles. The molecule has 1 fully saturated rings. The van der Waals surface area contributed by atoms with Crippen molar-refractivity contribution in [1.29, 1.82) is 0 Å². The van der Waals surface area contributed by atoms with Gasteiger partial charge < -0.3 is 15.0 Å². The first kappa shape index (κ1) is 19.4. The van der Waals surface area contributed by atoms with Crippen LogP contribution in [0.1, 0.15) is 15.9 Å². The maximum absolute atomic E-state index is 12.6. The summed E-state index contributed by atoms with van der Waals surface area (Å²) in [5.74, 6) is -0.454. The molecule has 27 heavy (non-hydrogen) atoms. The van der Waals surface area contributed by atoms with E-state index >= 15 is 0 Å². The number of halogens is 2. The van der Waals surface area contributed by atoms with Gasteiger partial charge in [0.25, 0.3) is 5.91 Å². The van der Waals surface area contributed by atoms with E-state index in [2.05, 4.69) is 5.32 Å². The van der Waals surface area contributed by atoms with Crippen LogP contribution in [0.3, 0.4) is 0 Å². The number of morpholine rings is 1. The van der Waals surface area contributed by atoms with Crippen molar-refractivity contribution in [2.75, 3.05) is 31.6 Å². The molecule has 0 aromatic heterocycles. The number of amides is 2. The first-order chi connectivity index (χ1) is 13.0. The molecular weight excluding hydrogens is 387 g/mol. The normalized spacial score (nSPS) is 14.4. The number of hydrogen-bond acceptors (Lipinski definition) is 3. The van der Waals surface area contributed by atoms with Crippen LogP contribution in [0.15, 0.2) is 48.5 Å². The van der Waals surface area contributed by atoms with Crippen molar-refractivity contribution in [1.82, 2.24) is 4.90 Å². The lowest BCUT2D eigenvalue weighted by atomic mass is 10.1. The van der Waals surface area contributed by atoms with Crippen molar-refractivity contribution in [2.45, 2.75) is 0 Å². The summed E-state index contributed by atoms with van der Waals surface area (Å²) in [5, 5.41) is 3.70. The van der Waals surface area contributed by atoms with Crippen molar-refractivity contribution in [3.8, 4) is 0 Å². The number of nitrogens with one attached hydrogen (secondary N) is 1. The predicted molar refractivity (Wildman–Crippen MR) is 107 cm³/mol. The molecule has 0 radical (unpaired) electrons. The van der Waals surface area contributed by atoms with Crippen LogP contribution in [0.25, 0.3) is 6.08 Å². The summed E-state index contributed by atoms with van der Waals surface area (Å²) in [6, 6.07) is 12.0. The first-order valence-electron chi connectivity index (χ1n) is 8.44. The van der Waals surface area contributed by atoms with Gasteiger partial charge in [-0.05, 0) is 42.0 Å². The van der Waals surface area contributed by atoms with Crippen molar-refractivity contribution in [3.05, 3.63) is 69.7 Å². The fourth-order valence-corrected chi connectivity index (χ4v) is 2.91. The molecule has 0 aliphatic carbocycles. The maximum atomic E-state index is 12.6. The highest BCUT2D eigenvalue weighted by Gasteiger charge is 2.19. The Morgan fingerprint density at radius 1 is 1.04 bits per heavy atom. The minimum absolute atomic E-state index is 0.109. The molecule has 0 spiro atoms. The van der Waals surface area contributed by atoms with Crippen LogP contribution in [0, 0.1) is 0 Å². The van der Waals surface area contributed by atoms with Gasteiger partial charge in [0.2, 0.25) is 5.91 Å². The fourth-order valence-electron chi connectivity index (χ4n) is 2.62. The highest BCUT2D eigenvalue weighted by Crippen LogP contribution is 2.24. The van der Waals surface area contributed by atoms with Gasteiger partial charge in [-0.2, -0.15) is 0 Å². The van der Waals surface area contributed by atoms with Gasteiger partial charge in [-0.1, -0.05) is 35.3 Å². The van der Waals surface area contributed by atoms with E-state index in [0.29, 0.717) is 47.6 Å². The average Bonchev–Trinajstić information content (AvgIpc) is 2.69. The molecular formula is C20H18Cl2N2O3. The molecule has 1 saturated heterocycles. The lowest BCUT2D eigenvalue weighted by molar-refractivity contribution is -0.111. The second-order valence-corrected chi connectivity index (χ2v) is 6.82. The van der Waals surface area contributed by atoms with Gasteiger partial charge in [-0.25, -0.2) is 0 Å². The summed E-state index contributed by atoms with van der Waals surface area (Å²) in [4.78, 5) is 26.5. The summed E-state index contributed by atoms with van der Waals surface area (Å²) >= 11 is 12.0. The average molecular weight is 405 g/mol. The summed E-state index contributed by atoms with van der Waals surface area (Å²) in [7, 11) is 0. The lowest BCUT2D eigenvalue weighted by Gasteiger charge is -2.27. The second-order valence-electron chi connectivity index (χ2n) is 5.97. The van der Waals surface area contributed by atoms with Crippen molar-refractivity contribution in [3.63, 3.8) is 0 Å². The second kappa shape index (κ2) is 9.04. The number of ether oxygens (including phenoxy) is 1. The van der Waals surface area contributed by atoms with E-state index in [4.69, 9.17) is 27.9 Å². The predicted octanol–water partition coefficient (Wildman–Crippen LogP) is 4.12. The number of rotatable bonds is 4. The van der Waals surface area contributed by atoms with E-state index in [1.54, 1.807) is 53.4 Å². The Labute approximate surface area is 167 Å². The number of nitrogens with zero attached hydrogens (tertiary/aromatic N) is 1. The third-order valence-corrected chi connectivity index (χ3v) is 4.65. The van der Waals surface area contributed by atoms with E-state index in [-0.39, 0.29) is 11.8 Å². The molecule has 1 heterocycles. The quantitative estimate of drug-likeness (QED) is 0.779. The van der Waals surface area contributed by atoms with Crippen LogP contribution >= 0.6 is 23.2 Å². The summed E-state index contributed by atoms with van der Waals surface area (Å²) in [6.45, 7) is 2.15. The van der Waals surface area contributed by atoms with Crippen LogP contribution in [0.2, 0.25) is 10.0 Å². The third-order valence-electron chi connectivity index (χ3n) is 4.07. The number of carbonyl (C=O) groups excluding carboxylic acids is 2. The van der Waals surface area contributed by atoms with Gasteiger partial charge in [0, 0.05) is 29.8 Å². The Kier molecular flexibility index (Phi) is 6.50. The zero-order valence-corrected chi connectivity index (χ0v) is 16.0. The topological polar surface area (TPSA) is 58.6 Å². The van der Waals surface area contributed by atoms with Gasteiger partial charge in [0.1, 0.15) is 0 Å². The van der Waals surface area contributed by atoms with Crippen molar-refractivity contribution >= 4 is 46.8 Å². The van der Waals surface area contributed by atoms with Crippen LogP contribution in [0.5, 0.6) is 0 Å². The number of carbonyl (C=O) groups is 2. The molecule has 7 heteroatoms. The Bertz CT molecular complexity index is 860. The largest absolute Gasteiger partial charge is 0.378 e. The Morgan fingerprint density at radius 3 is 2.44 bits per heavy atom. The molecule has 0 saturated carbocycles. The summed E-state index contributed by atoms with van der Waals surface area (Å²) < 4.78 is 5.26. The smallest absolute Gasteiger partial charge is 0.254 e. The zero-order chi connectivity index (χ0) is 19.2. The van der Waals surface area contributed by atoms with E-state index in [1.807, 2.05) is 0 Å². The third kappa shape index (κ3) is 5.32. The molecule has 3 rings (SSSR count). The summed E-state index contributed by atoms with van der Waals surface area (Å²) in [6.07, 6.45) is 3.07. The highest BCUT2D eigenvalue weighted by atomic mass is 35.5. The molecule has 0 bridgehead atoms. The van der Waals surface area contributed by atoms with Crippen LogP contribution in [-0.4, -0.2) is 43.0 Å². The van der Waals surface area contributed by atoms with Gasteiger partial charge >= 0.3 is 0 Å². The van der Waals surface area contributed by atoms with E-state index in [1.165, 1.54) is 6.08 Å². The Morgan fingerprint density at radius 2 is 1.74 bits per heavy atom. The van der Waals surface area contributed by atoms with Crippen LogP contribution in [0.4, 0.5) is 5.69 Å². The minimum Gasteiger partial charge on any atom is -0.378 e. The molecule has 0 unspecified atom stereocenters. The zero-order valence-electron chi connectivity index (χ0n) is 14.5. The number of anilines is 1.